The van der Waals surface area contributed by atoms with E-state index in [-0.39, 0.29) is 36.9 Å². The first kappa shape index (κ1) is 23.1. The molecule has 33 heavy (non-hydrogen) atoms. The normalized spacial score (nSPS) is 21.3. The van der Waals surface area contributed by atoms with Crippen molar-refractivity contribution in [3.8, 4) is 11.5 Å². The third-order valence-corrected chi connectivity index (χ3v) is 5.96. The van der Waals surface area contributed by atoms with Crippen LogP contribution in [0, 0.1) is 5.92 Å². The molecule has 0 saturated carbocycles. The zero-order chi connectivity index (χ0) is 23.0. The average molecular weight is 454 g/mol. The summed E-state index contributed by atoms with van der Waals surface area (Å²) >= 11 is 0. The first-order chi connectivity index (χ1) is 16.2. The molecule has 0 aliphatic carbocycles. The standard InChI is InChI=1S/C26H31NO6/c1-2-30-26-20(9-6-14-28)21(19-10-11-22-23(15-19)32-17-31-22)16-24(33-26)25(29)27-13-12-18-7-4-3-5-8-18/h3-5,7-8,10-11,15-16,20-21,26,28H,2,6,9,12-14,17H2,1H3,(H,27,29)/t20-,21+,26+/m0/s1. The van der Waals surface area contributed by atoms with E-state index in [1.165, 1.54) is 0 Å². The molecule has 0 spiro atoms. The molecule has 176 valence electrons. The molecule has 0 fully saturated rings. The average Bonchev–Trinajstić information content (AvgIpc) is 3.31. The second-order valence-corrected chi connectivity index (χ2v) is 8.13. The van der Waals surface area contributed by atoms with Crippen molar-refractivity contribution in [2.24, 2.45) is 5.92 Å². The third-order valence-electron chi connectivity index (χ3n) is 5.96. The van der Waals surface area contributed by atoms with Gasteiger partial charge < -0.3 is 29.4 Å². The van der Waals surface area contributed by atoms with Crippen molar-refractivity contribution in [3.63, 3.8) is 0 Å². The monoisotopic (exact) mass is 453 g/mol. The van der Waals surface area contributed by atoms with Gasteiger partial charge in [0.05, 0.1) is 0 Å². The summed E-state index contributed by atoms with van der Waals surface area (Å²) < 4.78 is 23.0. The van der Waals surface area contributed by atoms with E-state index < -0.39 is 6.29 Å². The molecule has 7 nitrogen and oxygen atoms in total. The number of rotatable bonds is 10. The minimum absolute atomic E-state index is 0.0571. The van der Waals surface area contributed by atoms with Crippen molar-refractivity contribution in [3.05, 3.63) is 71.5 Å². The maximum absolute atomic E-state index is 13.0. The van der Waals surface area contributed by atoms with Gasteiger partial charge in [0.1, 0.15) is 0 Å². The highest BCUT2D eigenvalue weighted by Crippen LogP contribution is 2.42. The Hall–Kier alpha value is -3.03. The summed E-state index contributed by atoms with van der Waals surface area (Å²) in [5, 5.41) is 12.4. The molecule has 3 atom stereocenters. The van der Waals surface area contributed by atoms with Gasteiger partial charge in [-0.2, -0.15) is 0 Å². The largest absolute Gasteiger partial charge is 0.459 e. The third kappa shape index (κ3) is 5.67. The van der Waals surface area contributed by atoms with Crippen molar-refractivity contribution in [2.45, 2.75) is 38.4 Å². The minimum atomic E-state index is -0.586. The number of fused-ring (bicyclic) bond motifs is 1. The lowest BCUT2D eigenvalue weighted by atomic mass is 9.80. The quantitative estimate of drug-likeness (QED) is 0.573. The van der Waals surface area contributed by atoms with Crippen LogP contribution in [0.5, 0.6) is 11.5 Å². The first-order valence-electron chi connectivity index (χ1n) is 11.5. The zero-order valence-electron chi connectivity index (χ0n) is 18.9. The Labute approximate surface area is 194 Å². The van der Waals surface area contributed by atoms with E-state index in [9.17, 15) is 9.90 Å². The molecule has 2 N–H and O–H groups in total. The number of nitrogens with one attached hydrogen (secondary N) is 1. The van der Waals surface area contributed by atoms with Crippen LogP contribution in [0.15, 0.2) is 60.4 Å². The molecular formula is C26H31NO6. The number of benzene rings is 2. The Kier molecular flexibility index (Phi) is 7.86. The maximum Gasteiger partial charge on any atom is 0.286 e. The van der Waals surface area contributed by atoms with E-state index in [0.717, 1.165) is 17.5 Å². The number of hydrogen-bond acceptors (Lipinski definition) is 6. The fraction of sp³-hybridized carbons (Fsp3) is 0.423. The molecule has 7 heteroatoms. The van der Waals surface area contributed by atoms with Crippen LogP contribution >= 0.6 is 0 Å². The van der Waals surface area contributed by atoms with Crippen LogP contribution in [0.3, 0.4) is 0 Å². The van der Waals surface area contributed by atoms with E-state index >= 15 is 0 Å². The van der Waals surface area contributed by atoms with Crippen molar-refractivity contribution in [2.75, 3.05) is 26.6 Å². The second kappa shape index (κ2) is 11.2. The fourth-order valence-corrected chi connectivity index (χ4v) is 4.32. The molecular weight excluding hydrogens is 422 g/mol. The van der Waals surface area contributed by atoms with Crippen molar-refractivity contribution >= 4 is 5.91 Å². The summed E-state index contributed by atoms with van der Waals surface area (Å²) in [5.74, 6) is 1.20. The maximum atomic E-state index is 13.0. The molecule has 0 bridgehead atoms. The molecule has 1 amide bonds. The van der Waals surface area contributed by atoms with E-state index in [4.69, 9.17) is 18.9 Å². The van der Waals surface area contributed by atoms with Gasteiger partial charge in [0.2, 0.25) is 13.1 Å². The lowest BCUT2D eigenvalue weighted by molar-refractivity contribution is -0.166. The molecule has 0 aromatic heterocycles. The highest BCUT2D eigenvalue weighted by Gasteiger charge is 2.38. The number of carbonyl (C=O) groups is 1. The minimum Gasteiger partial charge on any atom is -0.459 e. The van der Waals surface area contributed by atoms with E-state index in [1.54, 1.807) is 0 Å². The number of aliphatic hydroxyl groups is 1. The van der Waals surface area contributed by atoms with Gasteiger partial charge in [-0.15, -0.1) is 0 Å². The molecule has 2 aromatic carbocycles. The predicted octanol–water partition coefficient (Wildman–Crippen LogP) is 3.52. The molecule has 2 aromatic rings. The molecule has 0 radical (unpaired) electrons. The zero-order valence-corrected chi connectivity index (χ0v) is 18.9. The summed E-state index contributed by atoms with van der Waals surface area (Å²) in [6.07, 6.45) is 3.33. The van der Waals surface area contributed by atoms with Gasteiger partial charge in [0.25, 0.3) is 5.91 Å². The summed E-state index contributed by atoms with van der Waals surface area (Å²) in [6, 6.07) is 15.8. The van der Waals surface area contributed by atoms with Gasteiger partial charge in [-0.25, -0.2) is 0 Å². The topological polar surface area (TPSA) is 86.3 Å². The van der Waals surface area contributed by atoms with Crippen LogP contribution in [0.4, 0.5) is 0 Å². The molecule has 0 saturated heterocycles. The summed E-state index contributed by atoms with van der Waals surface area (Å²) in [6.45, 7) is 3.15. The number of carbonyl (C=O) groups excluding carboxylic acids is 1. The van der Waals surface area contributed by atoms with Crippen LogP contribution in [0.1, 0.15) is 36.8 Å². The number of hydrogen-bond donors (Lipinski definition) is 2. The first-order valence-corrected chi connectivity index (χ1v) is 11.5. The smallest absolute Gasteiger partial charge is 0.286 e. The van der Waals surface area contributed by atoms with E-state index in [0.29, 0.717) is 37.5 Å². The fourth-order valence-electron chi connectivity index (χ4n) is 4.32. The highest BCUT2D eigenvalue weighted by molar-refractivity contribution is 5.91. The van der Waals surface area contributed by atoms with Crippen LogP contribution < -0.4 is 14.8 Å². The molecule has 4 rings (SSSR count). The number of amides is 1. The van der Waals surface area contributed by atoms with Crippen molar-refractivity contribution < 1.29 is 28.8 Å². The second-order valence-electron chi connectivity index (χ2n) is 8.13. The van der Waals surface area contributed by atoms with Gasteiger partial charge >= 0.3 is 0 Å². The Balaban J connectivity index is 1.55. The SMILES string of the molecule is CCO[C@@H]1OC(C(=O)NCCc2ccccc2)=C[C@H](c2ccc3c(c2)OCO3)[C@@H]1CCCO. The van der Waals surface area contributed by atoms with Gasteiger partial charge in [0.15, 0.2) is 17.3 Å². The van der Waals surface area contributed by atoms with Crippen molar-refractivity contribution in [1.82, 2.24) is 5.32 Å². The molecule has 0 unspecified atom stereocenters. The van der Waals surface area contributed by atoms with Gasteiger partial charge in [-0.05, 0) is 55.5 Å². The van der Waals surface area contributed by atoms with Gasteiger partial charge in [-0.1, -0.05) is 36.4 Å². The summed E-state index contributed by atoms with van der Waals surface area (Å²) in [7, 11) is 0. The van der Waals surface area contributed by atoms with E-state index in [2.05, 4.69) is 5.32 Å². The van der Waals surface area contributed by atoms with Gasteiger partial charge in [-0.3, -0.25) is 4.79 Å². The van der Waals surface area contributed by atoms with Crippen molar-refractivity contribution in [1.29, 1.82) is 0 Å². The van der Waals surface area contributed by atoms with Crippen LogP contribution in [-0.4, -0.2) is 43.9 Å². The lowest BCUT2D eigenvalue weighted by Crippen LogP contribution is -2.39. The lowest BCUT2D eigenvalue weighted by Gasteiger charge is -2.37. The molecule has 2 aliphatic heterocycles. The highest BCUT2D eigenvalue weighted by atomic mass is 16.7. The van der Waals surface area contributed by atoms with Crippen LogP contribution in [0.2, 0.25) is 0 Å². The number of aliphatic hydroxyl groups excluding tert-OH is 1. The Morgan fingerprint density at radius 2 is 1.97 bits per heavy atom. The Bertz CT molecular complexity index is 961. The Morgan fingerprint density at radius 1 is 1.15 bits per heavy atom. The predicted molar refractivity (Wildman–Crippen MR) is 123 cm³/mol. The molecule has 2 aliphatic rings. The summed E-state index contributed by atoms with van der Waals surface area (Å²) in [5.41, 5.74) is 2.15. The van der Waals surface area contributed by atoms with Crippen LogP contribution in [0.25, 0.3) is 0 Å². The summed E-state index contributed by atoms with van der Waals surface area (Å²) in [4.78, 5) is 13.0. The number of ether oxygens (including phenoxy) is 4. The van der Waals surface area contributed by atoms with Crippen LogP contribution in [-0.2, 0) is 20.7 Å². The van der Waals surface area contributed by atoms with Gasteiger partial charge in [0, 0.05) is 31.6 Å². The Morgan fingerprint density at radius 3 is 2.76 bits per heavy atom. The molecule has 2 heterocycles. The van der Waals surface area contributed by atoms with E-state index in [1.807, 2.05) is 61.5 Å². The number of allylic oxidation sites excluding steroid dienone is 1.